The van der Waals surface area contributed by atoms with E-state index in [2.05, 4.69) is 20.3 Å². The Morgan fingerprint density at radius 1 is 0.683 bits per heavy atom. The first-order valence-electron chi connectivity index (χ1n) is 12.8. The Labute approximate surface area is 235 Å². The highest BCUT2D eigenvalue weighted by Crippen LogP contribution is 2.28. The van der Waals surface area contributed by atoms with Gasteiger partial charge < -0.3 is 23.3 Å². The lowest BCUT2D eigenvalue weighted by Crippen LogP contribution is -2.13. The fourth-order valence-corrected chi connectivity index (χ4v) is 3.89. The summed E-state index contributed by atoms with van der Waals surface area (Å²) in [5.41, 5.74) is 4.26. The summed E-state index contributed by atoms with van der Waals surface area (Å²) in [5, 5.41) is 8.20. The molecule has 41 heavy (non-hydrogen) atoms. The maximum atomic E-state index is 12.5. The highest BCUT2D eigenvalue weighted by molar-refractivity contribution is 5.90. The van der Waals surface area contributed by atoms with Crippen LogP contribution in [0.1, 0.15) is 22.8 Å². The van der Waals surface area contributed by atoms with Gasteiger partial charge in [0.2, 0.25) is 11.6 Å². The van der Waals surface area contributed by atoms with Crippen molar-refractivity contribution >= 4 is 11.9 Å². The van der Waals surface area contributed by atoms with Gasteiger partial charge in [0, 0.05) is 29.2 Å². The van der Waals surface area contributed by atoms with Gasteiger partial charge in [0.25, 0.3) is 11.8 Å². The molecule has 0 aliphatic carbocycles. The van der Waals surface area contributed by atoms with Crippen molar-refractivity contribution in [3.05, 3.63) is 83.9 Å². The second-order valence-corrected chi connectivity index (χ2v) is 8.97. The summed E-state index contributed by atoms with van der Waals surface area (Å²) in [6.07, 6.45) is 0. The second-order valence-electron chi connectivity index (χ2n) is 8.97. The highest BCUT2D eigenvalue weighted by Gasteiger charge is 2.16. The minimum atomic E-state index is -0.517. The number of esters is 2. The quantitative estimate of drug-likeness (QED) is 0.158. The molecule has 3 aromatic carbocycles. The van der Waals surface area contributed by atoms with Gasteiger partial charge in [-0.3, -0.25) is 4.79 Å². The largest absolute Gasteiger partial charge is 0.463 e. The van der Waals surface area contributed by atoms with Crippen molar-refractivity contribution in [2.75, 3.05) is 26.4 Å². The molecule has 2 aromatic heterocycles. The number of aromatic nitrogens is 4. The Bertz CT molecular complexity index is 1660. The minimum Gasteiger partial charge on any atom is -0.463 e. The highest BCUT2D eigenvalue weighted by atomic mass is 16.6. The standard InChI is InChI=1S/C30H26N4O7/c1-19-6-3-7-21(16-19)26-31-28(40-33-26)23-9-5-10-24(18-23)29-32-27(34-41-29)22-8-4-11-25(17-22)30(36)39-15-13-37-12-14-38-20(2)35/h3-11,16-18H,12-15H2,1-2H3. The second kappa shape index (κ2) is 12.8. The third kappa shape index (κ3) is 7.08. The van der Waals surface area contributed by atoms with Crippen molar-refractivity contribution in [2.45, 2.75) is 13.8 Å². The van der Waals surface area contributed by atoms with Gasteiger partial charge in [-0.25, -0.2) is 4.79 Å². The number of nitrogens with zero attached hydrogens (tertiary/aromatic N) is 4. The normalized spacial score (nSPS) is 10.9. The molecule has 0 bridgehead atoms. The van der Waals surface area contributed by atoms with Crippen LogP contribution in [0.15, 0.2) is 81.8 Å². The van der Waals surface area contributed by atoms with E-state index < -0.39 is 5.97 Å². The predicted molar refractivity (Wildman–Crippen MR) is 146 cm³/mol. The molecule has 0 fully saturated rings. The van der Waals surface area contributed by atoms with Crippen molar-refractivity contribution in [1.29, 1.82) is 0 Å². The fraction of sp³-hybridized carbons (Fsp3) is 0.200. The number of aryl methyl sites for hydroxylation is 1. The molecule has 0 N–H and O–H groups in total. The van der Waals surface area contributed by atoms with E-state index in [1.807, 2.05) is 55.5 Å². The molecule has 5 rings (SSSR count). The molecule has 0 saturated carbocycles. The zero-order chi connectivity index (χ0) is 28.6. The molecule has 11 nitrogen and oxygen atoms in total. The van der Waals surface area contributed by atoms with Gasteiger partial charge in [0.05, 0.1) is 18.8 Å². The molecule has 0 aliphatic heterocycles. The Hall–Kier alpha value is -5.16. The third-order valence-corrected chi connectivity index (χ3v) is 5.84. The van der Waals surface area contributed by atoms with E-state index in [4.69, 9.17) is 23.3 Å². The molecule has 0 aliphatic rings. The molecule has 208 valence electrons. The van der Waals surface area contributed by atoms with Crippen LogP contribution in [0.4, 0.5) is 0 Å². The minimum absolute atomic E-state index is 0.0539. The maximum Gasteiger partial charge on any atom is 0.338 e. The molecule has 0 spiro atoms. The predicted octanol–water partition coefficient (Wildman–Crippen LogP) is 5.17. The fourth-order valence-electron chi connectivity index (χ4n) is 3.89. The van der Waals surface area contributed by atoms with E-state index >= 15 is 0 Å². The lowest BCUT2D eigenvalue weighted by molar-refractivity contribution is -0.142. The summed E-state index contributed by atoms with van der Waals surface area (Å²) < 4.78 is 26.3. The number of hydrogen-bond donors (Lipinski definition) is 0. The molecule has 0 unspecified atom stereocenters. The van der Waals surface area contributed by atoms with Crippen LogP contribution in [0.25, 0.3) is 45.7 Å². The Morgan fingerprint density at radius 3 is 1.88 bits per heavy atom. The molecule has 5 aromatic rings. The van der Waals surface area contributed by atoms with Crippen molar-refractivity contribution in [3.8, 4) is 45.7 Å². The van der Waals surface area contributed by atoms with E-state index in [-0.39, 0.29) is 32.4 Å². The molecule has 0 radical (unpaired) electrons. The number of carbonyl (C=O) groups is 2. The van der Waals surface area contributed by atoms with Crippen molar-refractivity contribution in [3.63, 3.8) is 0 Å². The van der Waals surface area contributed by atoms with Crippen LogP contribution in [0.2, 0.25) is 0 Å². The molecular weight excluding hydrogens is 528 g/mol. The summed E-state index contributed by atoms with van der Waals surface area (Å²) in [6.45, 7) is 3.93. The van der Waals surface area contributed by atoms with Gasteiger partial charge in [0.1, 0.15) is 13.2 Å². The topological polar surface area (TPSA) is 140 Å². The number of rotatable bonds is 11. The van der Waals surface area contributed by atoms with Gasteiger partial charge >= 0.3 is 11.9 Å². The Balaban J connectivity index is 1.23. The Morgan fingerprint density at radius 2 is 1.24 bits per heavy atom. The zero-order valence-electron chi connectivity index (χ0n) is 22.4. The first-order chi connectivity index (χ1) is 20.0. The average molecular weight is 555 g/mol. The summed E-state index contributed by atoms with van der Waals surface area (Å²) >= 11 is 0. The number of carbonyl (C=O) groups excluding carboxylic acids is 2. The average Bonchev–Trinajstić information content (AvgIpc) is 3.68. The van der Waals surface area contributed by atoms with Gasteiger partial charge in [-0.15, -0.1) is 0 Å². The lowest BCUT2D eigenvalue weighted by Gasteiger charge is -2.07. The number of hydrogen-bond acceptors (Lipinski definition) is 11. The van der Waals surface area contributed by atoms with Crippen LogP contribution in [-0.2, 0) is 19.0 Å². The van der Waals surface area contributed by atoms with E-state index in [9.17, 15) is 9.59 Å². The summed E-state index contributed by atoms with van der Waals surface area (Å²) in [6, 6.07) is 22.0. The smallest absolute Gasteiger partial charge is 0.338 e. The van der Waals surface area contributed by atoms with Crippen LogP contribution < -0.4 is 0 Å². The van der Waals surface area contributed by atoms with E-state index in [0.29, 0.717) is 45.7 Å². The summed E-state index contributed by atoms with van der Waals surface area (Å²) in [7, 11) is 0. The van der Waals surface area contributed by atoms with Crippen LogP contribution in [0.3, 0.4) is 0 Å². The molecule has 0 saturated heterocycles. The van der Waals surface area contributed by atoms with Gasteiger partial charge in [-0.1, -0.05) is 52.3 Å². The van der Waals surface area contributed by atoms with E-state index in [0.717, 1.165) is 11.1 Å². The zero-order valence-corrected chi connectivity index (χ0v) is 22.4. The lowest BCUT2D eigenvalue weighted by atomic mass is 10.1. The van der Waals surface area contributed by atoms with Crippen LogP contribution in [-0.4, -0.2) is 58.6 Å². The van der Waals surface area contributed by atoms with E-state index in [1.165, 1.54) is 6.92 Å². The monoisotopic (exact) mass is 554 g/mol. The van der Waals surface area contributed by atoms with Gasteiger partial charge in [-0.05, 0) is 43.3 Å². The van der Waals surface area contributed by atoms with E-state index in [1.54, 1.807) is 24.3 Å². The number of benzene rings is 3. The van der Waals surface area contributed by atoms with Crippen LogP contribution in [0, 0.1) is 6.92 Å². The van der Waals surface area contributed by atoms with Crippen LogP contribution >= 0.6 is 0 Å². The van der Waals surface area contributed by atoms with Crippen molar-refractivity contribution < 1.29 is 32.8 Å². The Kier molecular flexibility index (Phi) is 8.55. The van der Waals surface area contributed by atoms with Crippen molar-refractivity contribution in [1.82, 2.24) is 20.3 Å². The third-order valence-electron chi connectivity index (χ3n) is 5.84. The molecular formula is C30H26N4O7. The summed E-state index contributed by atoms with van der Waals surface area (Å²) in [4.78, 5) is 32.3. The molecule has 0 amide bonds. The van der Waals surface area contributed by atoms with Gasteiger partial charge in [-0.2, -0.15) is 9.97 Å². The molecule has 0 atom stereocenters. The molecule has 11 heteroatoms. The molecule has 2 heterocycles. The number of ether oxygens (including phenoxy) is 3. The SMILES string of the molecule is CC(=O)OCCOCCOC(=O)c1cccc(-c2noc(-c3cccc(-c4nc(-c5cccc(C)c5)no4)c3)n2)c1. The van der Waals surface area contributed by atoms with Crippen molar-refractivity contribution in [2.24, 2.45) is 0 Å². The first-order valence-corrected chi connectivity index (χ1v) is 12.8. The summed E-state index contributed by atoms with van der Waals surface area (Å²) in [5.74, 6) is 0.575. The maximum absolute atomic E-state index is 12.5. The first kappa shape index (κ1) is 27.4. The van der Waals surface area contributed by atoms with Crippen LogP contribution in [0.5, 0.6) is 0 Å². The van der Waals surface area contributed by atoms with Gasteiger partial charge in [0.15, 0.2) is 0 Å².